The van der Waals surface area contributed by atoms with Gasteiger partial charge in [0.25, 0.3) is 0 Å². The summed E-state index contributed by atoms with van der Waals surface area (Å²) in [7, 11) is 3.38. The maximum Gasteiger partial charge on any atom is 0.123 e. The summed E-state index contributed by atoms with van der Waals surface area (Å²) >= 11 is 0. The Labute approximate surface area is 130 Å². The molecule has 0 heterocycles. The van der Waals surface area contributed by atoms with Gasteiger partial charge in [-0.15, -0.1) is 17.0 Å². The summed E-state index contributed by atoms with van der Waals surface area (Å²) in [6.07, 6.45) is 0. The fraction of sp³-hybridized carbons (Fsp3) is 0.250. The van der Waals surface area contributed by atoms with Crippen LogP contribution in [0.4, 0.5) is 0 Å². The van der Waals surface area contributed by atoms with Gasteiger partial charge in [-0.3, -0.25) is 0 Å². The highest BCUT2D eigenvalue weighted by Gasteiger charge is 2.01. The molecular weight excluding hydrogens is 318 g/mol. The number of hydrogen-bond donors (Lipinski definition) is 1. The first kappa shape index (κ1) is 16.5. The molecule has 4 heteroatoms. The lowest BCUT2D eigenvalue weighted by Gasteiger charge is -2.10. The van der Waals surface area contributed by atoms with Crippen LogP contribution < -0.4 is 14.8 Å². The van der Waals surface area contributed by atoms with Crippen LogP contribution in [0.1, 0.15) is 11.1 Å². The Bertz CT molecular complexity index is 531. The number of ether oxygens (including phenoxy) is 2. The minimum Gasteiger partial charge on any atom is -0.497 e. The van der Waals surface area contributed by atoms with Gasteiger partial charge in [0.2, 0.25) is 0 Å². The largest absolute Gasteiger partial charge is 0.497 e. The van der Waals surface area contributed by atoms with Crippen molar-refractivity contribution in [1.82, 2.24) is 5.32 Å². The second-order valence-electron chi connectivity index (χ2n) is 4.27. The minimum absolute atomic E-state index is 0. The number of benzene rings is 2. The molecule has 0 saturated heterocycles. The second kappa shape index (κ2) is 8.61. The molecular formula is C16H20BrNO2. The van der Waals surface area contributed by atoms with Crippen molar-refractivity contribution in [3.8, 4) is 11.5 Å². The molecule has 0 fully saturated rings. The first-order chi connectivity index (χ1) is 9.33. The van der Waals surface area contributed by atoms with Crippen molar-refractivity contribution in [3.63, 3.8) is 0 Å². The van der Waals surface area contributed by atoms with Gasteiger partial charge >= 0.3 is 0 Å². The zero-order chi connectivity index (χ0) is 13.5. The first-order valence-corrected chi connectivity index (χ1v) is 6.29. The zero-order valence-corrected chi connectivity index (χ0v) is 13.5. The van der Waals surface area contributed by atoms with E-state index in [9.17, 15) is 0 Å². The van der Waals surface area contributed by atoms with Gasteiger partial charge in [-0.25, -0.2) is 0 Å². The highest BCUT2D eigenvalue weighted by molar-refractivity contribution is 8.93. The van der Waals surface area contributed by atoms with Gasteiger partial charge in [0.05, 0.1) is 14.2 Å². The van der Waals surface area contributed by atoms with Crippen LogP contribution in [0.5, 0.6) is 11.5 Å². The first-order valence-electron chi connectivity index (χ1n) is 6.29. The van der Waals surface area contributed by atoms with E-state index >= 15 is 0 Å². The molecule has 0 aromatic heterocycles. The van der Waals surface area contributed by atoms with Gasteiger partial charge in [0.15, 0.2) is 0 Å². The van der Waals surface area contributed by atoms with Crippen molar-refractivity contribution in [2.45, 2.75) is 13.1 Å². The van der Waals surface area contributed by atoms with E-state index in [2.05, 4.69) is 17.4 Å². The average Bonchev–Trinajstić information content (AvgIpc) is 2.48. The molecule has 2 aromatic carbocycles. The van der Waals surface area contributed by atoms with Gasteiger partial charge in [-0.05, 0) is 23.8 Å². The van der Waals surface area contributed by atoms with Crippen LogP contribution in [-0.2, 0) is 13.1 Å². The summed E-state index contributed by atoms with van der Waals surface area (Å²) in [6, 6.07) is 16.1. The van der Waals surface area contributed by atoms with Crippen LogP contribution in [-0.4, -0.2) is 14.2 Å². The Morgan fingerprint density at radius 2 is 1.70 bits per heavy atom. The number of rotatable bonds is 6. The third-order valence-corrected chi connectivity index (χ3v) is 2.97. The van der Waals surface area contributed by atoms with Crippen LogP contribution in [0, 0.1) is 0 Å². The molecule has 0 aliphatic heterocycles. The van der Waals surface area contributed by atoms with Crippen molar-refractivity contribution < 1.29 is 9.47 Å². The Morgan fingerprint density at radius 1 is 0.900 bits per heavy atom. The van der Waals surface area contributed by atoms with Gasteiger partial charge in [-0.2, -0.15) is 0 Å². The van der Waals surface area contributed by atoms with Crippen molar-refractivity contribution in [1.29, 1.82) is 0 Å². The maximum absolute atomic E-state index is 5.32. The Morgan fingerprint density at radius 3 is 2.45 bits per heavy atom. The third-order valence-electron chi connectivity index (χ3n) is 2.97. The normalized spacial score (nSPS) is 9.70. The van der Waals surface area contributed by atoms with Gasteiger partial charge in [0, 0.05) is 18.7 Å². The predicted octanol–water partition coefficient (Wildman–Crippen LogP) is 3.57. The molecule has 0 aliphatic rings. The second-order valence-corrected chi connectivity index (χ2v) is 4.27. The predicted molar refractivity (Wildman–Crippen MR) is 86.9 cm³/mol. The summed E-state index contributed by atoms with van der Waals surface area (Å²) in [5.74, 6) is 1.80. The zero-order valence-electron chi connectivity index (χ0n) is 11.8. The van der Waals surface area contributed by atoms with E-state index in [1.807, 2.05) is 36.4 Å². The minimum atomic E-state index is 0. The monoisotopic (exact) mass is 337 g/mol. The van der Waals surface area contributed by atoms with Gasteiger partial charge < -0.3 is 14.8 Å². The summed E-state index contributed by atoms with van der Waals surface area (Å²) < 4.78 is 10.5. The van der Waals surface area contributed by atoms with E-state index in [1.54, 1.807) is 14.2 Å². The molecule has 0 bridgehead atoms. The number of halogens is 1. The molecule has 2 rings (SSSR count). The lowest BCUT2D eigenvalue weighted by molar-refractivity contribution is 0.407. The molecule has 0 unspecified atom stereocenters. The number of nitrogens with one attached hydrogen (secondary N) is 1. The van der Waals surface area contributed by atoms with E-state index in [1.165, 1.54) is 5.56 Å². The SMILES string of the molecule is Br.COc1cccc(CNCc2ccccc2OC)c1. The molecule has 0 amide bonds. The van der Waals surface area contributed by atoms with Crippen molar-refractivity contribution in [3.05, 3.63) is 59.7 Å². The van der Waals surface area contributed by atoms with Crippen LogP contribution in [0.15, 0.2) is 48.5 Å². The number of para-hydroxylation sites is 1. The number of methoxy groups -OCH3 is 2. The number of hydrogen-bond acceptors (Lipinski definition) is 3. The average molecular weight is 338 g/mol. The molecule has 0 aliphatic carbocycles. The summed E-state index contributed by atoms with van der Waals surface area (Å²) in [5.41, 5.74) is 2.36. The van der Waals surface area contributed by atoms with E-state index in [0.29, 0.717) is 0 Å². The molecule has 20 heavy (non-hydrogen) atoms. The third kappa shape index (κ3) is 4.54. The smallest absolute Gasteiger partial charge is 0.123 e. The van der Waals surface area contributed by atoms with Crippen LogP contribution in [0.25, 0.3) is 0 Å². The lowest BCUT2D eigenvalue weighted by Crippen LogP contribution is -2.13. The summed E-state index contributed by atoms with van der Waals surface area (Å²) in [5, 5.41) is 3.41. The molecule has 0 atom stereocenters. The van der Waals surface area contributed by atoms with Crippen molar-refractivity contribution >= 4 is 17.0 Å². The van der Waals surface area contributed by atoms with E-state index in [4.69, 9.17) is 9.47 Å². The van der Waals surface area contributed by atoms with E-state index < -0.39 is 0 Å². The molecule has 2 aromatic rings. The fourth-order valence-corrected chi connectivity index (χ4v) is 1.97. The summed E-state index contributed by atoms with van der Waals surface area (Å²) in [4.78, 5) is 0. The highest BCUT2D eigenvalue weighted by atomic mass is 79.9. The van der Waals surface area contributed by atoms with Crippen LogP contribution in [0.3, 0.4) is 0 Å². The fourth-order valence-electron chi connectivity index (χ4n) is 1.97. The van der Waals surface area contributed by atoms with Crippen molar-refractivity contribution in [2.24, 2.45) is 0 Å². The van der Waals surface area contributed by atoms with E-state index in [0.717, 1.165) is 30.2 Å². The standard InChI is InChI=1S/C16H19NO2.BrH/c1-18-15-8-5-6-13(10-15)11-17-12-14-7-3-4-9-16(14)19-2;/h3-10,17H,11-12H2,1-2H3;1H. The maximum atomic E-state index is 5.32. The molecule has 0 saturated carbocycles. The molecule has 0 spiro atoms. The highest BCUT2D eigenvalue weighted by Crippen LogP contribution is 2.17. The quantitative estimate of drug-likeness (QED) is 0.873. The Balaban J connectivity index is 0.00000200. The molecule has 1 N–H and O–H groups in total. The molecule has 0 radical (unpaired) electrons. The molecule has 108 valence electrons. The summed E-state index contributed by atoms with van der Waals surface area (Å²) in [6.45, 7) is 1.58. The Kier molecular flexibility index (Phi) is 7.12. The topological polar surface area (TPSA) is 30.5 Å². The van der Waals surface area contributed by atoms with Crippen LogP contribution in [0.2, 0.25) is 0 Å². The lowest BCUT2D eigenvalue weighted by atomic mass is 10.2. The molecule has 3 nitrogen and oxygen atoms in total. The Hall–Kier alpha value is -1.52. The van der Waals surface area contributed by atoms with Crippen molar-refractivity contribution in [2.75, 3.05) is 14.2 Å². The van der Waals surface area contributed by atoms with Gasteiger partial charge in [-0.1, -0.05) is 30.3 Å². The van der Waals surface area contributed by atoms with Gasteiger partial charge in [0.1, 0.15) is 11.5 Å². The van der Waals surface area contributed by atoms with Crippen LogP contribution >= 0.6 is 17.0 Å². The van der Waals surface area contributed by atoms with E-state index in [-0.39, 0.29) is 17.0 Å².